The second kappa shape index (κ2) is 5.09. The number of nitrogens with zero attached hydrogens (tertiary/aromatic N) is 2. The van der Waals surface area contributed by atoms with Gasteiger partial charge in [-0.25, -0.2) is 0 Å². The van der Waals surface area contributed by atoms with Crippen LogP contribution in [0, 0.1) is 5.92 Å². The third kappa shape index (κ3) is 2.46. The molecule has 0 aliphatic heterocycles. The molecule has 5 heteroatoms. The van der Waals surface area contributed by atoms with E-state index in [-0.39, 0.29) is 0 Å². The molecule has 0 aromatic carbocycles. The van der Waals surface area contributed by atoms with Gasteiger partial charge in [-0.3, -0.25) is 0 Å². The lowest BCUT2D eigenvalue weighted by atomic mass is 9.89. The summed E-state index contributed by atoms with van der Waals surface area (Å²) < 4.78 is 1.09. The summed E-state index contributed by atoms with van der Waals surface area (Å²) in [5, 5.41) is 8.59. The molecule has 1 aliphatic rings. The van der Waals surface area contributed by atoms with E-state index in [4.69, 9.17) is 5.73 Å². The lowest BCUT2D eigenvalue weighted by molar-refractivity contribution is 0.378. The van der Waals surface area contributed by atoms with Crippen LogP contribution in [0.1, 0.15) is 25.7 Å². The molecule has 2 N–H and O–H groups in total. The number of hydrogen-bond acceptors (Lipinski definition) is 5. The number of thioether (sulfide) groups is 1. The Morgan fingerprint density at radius 2 is 2.36 bits per heavy atom. The molecule has 14 heavy (non-hydrogen) atoms. The normalized spacial score (nSPS) is 27.8. The first-order valence-electron chi connectivity index (χ1n) is 5.03. The van der Waals surface area contributed by atoms with Gasteiger partial charge in [-0.1, -0.05) is 35.9 Å². The topological polar surface area (TPSA) is 51.8 Å². The maximum atomic E-state index is 5.78. The van der Waals surface area contributed by atoms with E-state index in [1.54, 1.807) is 16.8 Å². The van der Waals surface area contributed by atoms with Crippen molar-refractivity contribution in [1.82, 2.24) is 10.2 Å². The van der Waals surface area contributed by atoms with E-state index in [9.17, 15) is 0 Å². The van der Waals surface area contributed by atoms with Gasteiger partial charge >= 0.3 is 0 Å². The molecule has 0 saturated heterocycles. The maximum absolute atomic E-state index is 5.78. The molecule has 78 valence electrons. The van der Waals surface area contributed by atoms with Crippen LogP contribution >= 0.6 is 23.1 Å². The van der Waals surface area contributed by atoms with E-state index < -0.39 is 0 Å². The molecule has 0 spiro atoms. The van der Waals surface area contributed by atoms with Crippen molar-refractivity contribution in [1.29, 1.82) is 0 Å². The van der Waals surface area contributed by atoms with Gasteiger partial charge in [0.05, 0.1) is 0 Å². The van der Waals surface area contributed by atoms with E-state index >= 15 is 0 Å². The highest BCUT2D eigenvalue weighted by molar-refractivity contribution is 8.01. The van der Waals surface area contributed by atoms with Crippen LogP contribution in [0.4, 0.5) is 0 Å². The van der Waals surface area contributed by atoms with Gasteiger partial charge in [0.25, 0.3) is 0 Å². The maximum Gasteiger partial charge on any atom is 0.174 e. The summed E-state index contributed by atoms with van der Waals surface area (Å²) in [6.45, 7) is 0.816. The molecule has 1 fully saturated rings. The molecule has 3 nitrogen and oxygen atoms in total. The minimum absolute atomic E-state index is 0.668. The Labute approximate surface area is 92.5 Å². The molecule has 0 radical (unpaired) electrons. The van der Waals surface area contributed by atoms with Gasteiger partial charge in [0.2, 0.25) is 0 Å². The molecule has 0 amide bonds. The first-order chi connectivity index (χ1) is 6.90. The van der Waals surface area contributed by atoms with Crippen molar-refractivity contribution in [2.45, 2.75) is 35.3 Å². The van der Waals surface area contributed by atoms with Crippen molar-refractivity contribution < 1.29 is 0 Å². The first kappa shape index (κ1) is 10.4. The van der Waals surface area contributed by atoms with E-state index in [0.717, 1.165) is 10.9 Å². The average molecular weight is 229 g/mol. The smallest absolute Gasteiger partial charge is 0.174 e. The predicted octanol–water partition coefficient (Wildman–Crippen LogP) is 2.15. The SMILES string of the molecule is NCC1CCCCC1Sc1nncs1. The largest absolute Gasteiger partial charge is 0.330 e. The Morgan fingerprint density at radius 3 is 3.07 bits per heavy atom. The molecule has 2 rings (SSSR count). The third-order valence-electron chi connectivity index (χ3n) is 2.73. The average Bonchev–Trinajstić information content (AvgIpc) is 2.71. The highest BCUT2D eigenvalue weighted by Gasteiger charge is 2.25. The Morgan fingerprint density at radius 1 is 1.50 bits per heavy atom. The summed E-state index contributed by atoms with van der Waals surface area (Å²) in [5.41, 5.74) is 7.57. The molecular formula is C9H15N3S2. The number of hydrogen-bond donors (Lipinski definition) is 1. The van der Waals surface area contributed by atoms with E-state index in [0.29, 0.717) is 11.2 Å². The van der Waals surface area contributed by atoms with Crippen molar-refractivity contribution in [2.75, 3.05) is 6.54 Å². The first-order valence-corrected chi connectivity index (χ1v) is 6.79. The van der Waals surface area contributed by atoms with Crippen LogP contribution in [-0.2, 0) is 0 Å². The monoisotopic (exact) mass is 229 g/mol. The molecule has 1 aliphatic carbocycles. The lowest BCUT2D eigenvalue weighted by Gasteiger charge is -2.29. The van der Waals surface area contributed by atoms with Crippen molar-refractivity contribution in [3.05, 3.63) is 5.51 Å². The van der Waals surface area contributed by atoms with E-state index in [1.165, 1.54) is 25.7 Å². The van der Waals surface area contributed by atoms with Crippen LogP contribution in [0.15, 0.2) is 9.85 Å². The minimum atomic E-state index is 0.668. The lowest BCUT2D eigenvalue weighted by Crippen LogP contribution is -2.28. The number of rotatable bonds is 3. The summed E-state index contributed by atoms with van der Waals surface area (Å²) in [6.07, 6.45) is 5.25. The van der Waals surface area contributed by atoms with Crippen LogP contribution in [-0.4, -0.2) is 22.0 Å². The summed E-state index contributed by atoms with van der Waals surface area (Å²) >= 11 is 3.50. The molecule has 2 atom stereocenters. The Hall–Kier alpha value is -0.130. The van der Waals surface area contributed by atoms with Gasteiger partial charge in [0.1, 0.15) is 5.51 Å². The van der Waals surface area contributed by atoms with Gasteiger partial charge in [-0.05, 0) is 25.3 Å². The highest BCUT2D eigenvalue weighted by Crippen LogP contribution is 2.37. The summed E-state index contributed by atoms with van der Waals surface area (Å²) in [7, 11) is 0. The van der Waals surface area contributed by atoms with Gasteiger partial charge in [-0.15, -0.1) is 10.2 Å². The van der Waals surface area contributed by atoms with E-state index in [1.807, 2.05) is 11.8 Å². The summed E-state index contributed by atoms with van der Waals surface area (Å²) in [4.78, 5) is 0. The third-order valence-corrected chi connectivity index (χ3v) is 5.00. The van der Waals surface area contributed by atoms with Gasteiger partial charge in [-0.2, -0.15) is 0 Å². The van der Waals surface area contributed by atoms with E-state index in [2.05, 4.69) is 10.2 Å². The fraction of sp³-hybridized carbons (Fsp3) is 0.778. The van der Waals surface area contributed by atoms with Gasteiger partial charge in [0, 0.05) is 5.25 Å². The molecule has 1 saturated carbocycles. The van der Waals surface area contributed by atoms with Crippen LogP contribution < -0.4 is 5.73 Å². The zero-order valence-electron chi connectivity index (χ0n) is 8.06. The highest BCUT2D eigenvalue weighted by atomic mass is 32.2. The molecule has 1 aromatic rings. The second-order valence-corrected chi connectivity index (χ2v) is 5.96. The molecular weight excluding hydrogens is 214 g/mol. The van der Waals surface area contributed by atoms with Crippen molar-refractivity contribution >= 4 is 23.1 Å². The molecule has 1 heterocycles. The number of nitrogens with two attached hydrogens (primary N) is 1. The standard InChI is InChI=1S/C9H15N3S2/c10-5-7-3-1-2-4-8(7)14-9-12-11-6-13-9/h6-8H,1-5,10H2. The summed E-state index contributed by atoms with van der Waals surface area (Å²) in [5.74, 6) is 0.678. The zero-order valence-corrected chi connectivity index (χ0v) is 9.69. The van der Waals surface area contributed by atoms with Gasteiger partial charge in [0.15, 0.2) is 4.34 Å². The minimum Gasteiger partial charge on any atom is -0.330 e. The Bertz CT molecular complexity index is 263. The van der Waals surface area contributed by atoms with Crippen LogP contribution in [0.3, 0.4) is 0 Å². The van der Waals surface area contributed by atoms with Crippen molar-refractivity contribution in [3.8, 4) is 0 Å². The van der Waals surface area contributed by atoms with Crippen molar-refractivity contribution in [3.63, 3.8) is 0 Å². The second-order valence-electron chi connectivity index (χ2n) is 3.64. The van der Waals surface area contributed by atoms with Crippen LogP contribution in [0.25, 0.3) is 0 Å². The fourth-order valence-corrected chi connectivity index (χ4v) is 4.02. The van der Waals surface area contributed by atoms with Crippen LogP contribution in [0.5, 0.6) is 0 Å². The predicted molar refractivity (Wildman–Crippen MR) is 60.6 cm³/mol. The summed E-state index contributed by atoms with van der Waals surface area (Å²) in [6, 6.07) is 0. The zero-order chi connectivity index (χ0) is 9.80. The molecule has 1 aromatic heterocycles. The quantitative estimate of drug-likeness (QED) is 0.863. The fourth-order valence-electron chi connectivity index (χ4n) is 1.94. The number of aromatic nitrogens is 2. The Kier molecular flexibility index (Phi) is 3.78. The molecule has 2 unspecified atom stereocenters. The molecule has 0 bridgehead atoms. The van der Waals surface area contributed by atoms with Crippen molar-refractivity contribution in [2.24, 2.45) is 11.7 Å². The Balaban J connectivity index is 1.94. The van der Waals surface area contributed by atoms with Gasteiger partial charge < -0.3 is 5.73 Å². The van der Waals surface area contributed by atoms with Crippen LogP contribution in [0.2, 0.25) is 0 Å².